The fourth-order valence-corrected chi connectivity index (χ4v) is 4.75. The predicted molar refractivity (Wildman–Crippen MR) is 139 cm³/mol. The van der Waals surface area contributed by atoms with E-state index in [2.05, 4.69) is 34.1 Å². The first kappa shape index (κ1) is 30.9. The molecular formula is C25H33F3N4O5S. The molecule has 1 fully saturated rings. The molecule has 1 amide bonds. The maximum Gasteiger partial charge on any atom is 0.490 e. The van der Waals surface area contributed by atoms with E-state index in [1.54, 1.807) is 24.3 Å². The molecule has 0 saturated carbocycles. The molecule has 0 unspecified atom stereocenters. The van der Waals surface area contributed by atoms with Crippen LogP contribution in [0.2, 0.25) is 0 Å². The van der Waals surface area contributed by atoms with E-state index < -0.39 is 22.2 Å². The van der Waals surface area contributed by atoms with Crippen molar-refractivity contribution in [2.75, 3.05) is 42.3 Å². The van der Waals surface area contributed by atoms with E-state index in [0.717, 1.165) is 43.9 Å². The Morgan fingerprint density at radius 3 is 2.16 bits per heavy atom. The van der Waals surface area contributed by atoms with Crippen molar-refractivity contribution < 1.29 is 36.3 Å². The van der Waals surface area contributed by atoms with Gasteiger partial charge in [0.25, 0.3) is 15.9 Å². The Morgan fingerprint density at radius 2 is 1.66 bits per heavy atom. The van der Waals surface area contributed by atoms with Crippen LogP contribution in [0.5, 0.6) is 0 Å². The molecule has 3 rings (SSSR count). The van der Waals surface area contributed by atoms with Gasteiger partial charge in [-0.3, -0.25) is 9.52 Å². The zero-order valence-corrected chi connectivity index (χ0v) is 22.2. The summed E-state index contributed by atoms with van der Waals surface area (Å²) in [7, 11) is -3.80. The predicted octanol–water partition coefficient (Wildman–Crippen LogP) is 3.48. The summed E-state index contributed by atoms with van der Waals surface area (Å²) < 4.78 is 60.7. The number of benzene rings is 2. The second-order valence-corrected chi connectivity index (χ2v) is 10.7. The summed E-state index contributed by atoms with van der Waals surface area (Å²) >= 11 is 0. The zero-order chi connectivity index (χ0) is 28.5. The Morgan fingerprint density at radius 1 is 1.08 bits per heavy atom. The number of hydrogen-bond acceptors (Lipinski definition) is 6. The highest BCUT2D eigenvalue weighted by atomic mass is 32.2. The van der Waals surface area contributed by atoms with E-state index in [-0.39, 0.29) is 10.8 Å². The Balaban J connectivity index is 0.000000638. The van der Waals surface area contributed by atoms with Crippen molar-refractivity contribution in [1.82, 2.24) is 10.6 Å². The van der Waals surface area contributed by atoms with Crippen LogP contribution in [0.15, 0.2) is 47.4 Å². The number of carbonyl (C=O) groups is 2. The molecule has 0 radical (unpaired) electrons. The molecule has 0 spiro atoms. The molecular weight excluding hydrogens is 525 g/mol. The number of hydrogen-bond donors (Lipinski definition) is 4. The lowest BCUT2D eigenvalue weighted by atomic mass is 10.0. The lowest BCUT2D eigenvalue weighted by Crippen LogP contribution is -2.43. The van der Waals surface area contributed by atoms with Gasteiger partial charge in [0.2, 0.25) is 0 Å². The van der Waals surface area contributed by atoms with Gasteiger partial charge in [0, 0.05) is 38.3 Å². The fraction of sp³-hybridized carbons (Fsp3) is 0.440. The fourth-order valence-electron chi connectivity index (χ4n) is 3.68. The minimum absolute atomic E-state index is 0.203. The van der Waals surface area contributed by atoms with Crippen molar-refractivity contribution in [1.29, 1.82) is 0 Å². The third-order valence-corrected chi connectivity index (χ3v) is 6.80. The van der Waals surface area contributed by atoms with Crippen LogP contribution in [0, 0.1) is 5.92 Å². The Bertz CT molecular complexity index is 1200. The average molecular weight is 559 g/mol. The number of carboxylic acids is 1. The van der Waals surface area contributed by atoms with Crippen LogP contribution in [0.1, 0.15) is 36.7 Å². The van der Waals surface area contributed by atoms with Gasteiger partial charge in [-0.15, -0.1) is 0 Å². The van der Waals surface area contributed by atoms with Gasteiger partial charge in [0.1, 0.15) is 0 Å². The maximum atomic E-state index is 13.1. The first-order valence-electron chi connectivity index (χ1n) is 12.0. The molecule has 0 bridgehead atoms. The molecule has 2 aromatic carbocycles. The number of carbonyl (C=O) groups excluding carboxylic acids is 1. The highest BCUT2D eigenvalue weighted by molar-refractivity contribution is 7.92. The summed E-state index contributed by atoms with van der Waals surface area (Å²) in [5, 5.41) is 13.2. The third-order valence-electron chi connectivity index (χ3n) is 5.42. The van der Waals surface area contributed by atoms with E-state index in [1.165, 1.54) is 0 Å². The highest BCUT2D eigenvalue weighted by Gasteiger charge is 2.38. The van der Waals surface area contributed by atoms with Crippen LogP contribution in [-0.4, -0.2) is 64.3 Å². The molecule has 2 aromatic rings. The molecule has 0 aliphatic carbocycles. The molecule has 0 aromatic heterocycles. The number of aliphatic carboxylic acids is 1. The number of sulfonamides is 1. The first-order valence-corrected chi connectivity index (χ1v) is 13.5. The number of nitrogens with one attached hydrogen (secondary N) is 3. The molecule has 1 aliphatic rings. The van der Waals surface area contributed by atoms with Gasteiger partial charge in [-0.2, -0.15) is 13.2 Å². The van der Waals surface area contributed by atoms with Gasteiger partial charge < -0.3 is 20.6 Å². The van der Waals surface area contributed by atoms with Crippen LogP contribution >= 0.6 is 0 Å². The van der Waals surface area contributed by atoms with Crippen molar-refractivity contribution in [2.45, 2.75) is 38.3 Å². The van der Waals surface area contributed by atoms with Gasteiger partial charge in [-0.1, -0.05) is 26.0 Å². The van der Waals surface area contributed by atoms with Gasteiger partial charge in [-0.05, 0) is 55.2 Å². The SMILES string of the molecule is CCNC(=O)c1ccc(N2CCNCC2)c(NS(=O)(=O)c2ccc(CC(C)C)cc2)c1.O=C(O)C(F)(F)F. The van der Waals surface area contributed by atoms with Crippen LogP contribution < -0.4 is 20.3 Å². The number of nitrogens with zero attached hydrogens (tertiary/aromatic N) is 1. The Kier molecular flexibility index (Phi) is 11.0. The second kappa shape index (κ2) is 13.5. The van der Waals surface area contributed by atoms with Crippen LogP contribution in [0.3, 0.4) is 0 Å². The van der Waals surface area contributed by atoms with Crippen molar-refractivity contribution >= 4 is 33.3 Å². The van der Waals surface area contributed by atoms with Gasteiger partial charge in [0.15, 0.2) is 0 Å². The summed E-state index contributed by atoms with van der Waals surface area (Å²) in [6.07, 6.45) is -4.19. The largest absolute Gasteiger partial charge is 0.490 e. The van der Waals surface area contributed by atoms with E-state index in [9.17, 15) is 26.4 Å². The van der Waals surface area contributed by atoms with E-state index in [4.69, 9.17) is 9.90 Å². The van der Waals surface area contributed by atoms with Gasteiger partial charge >= 0.3 is 12.1 Å². The Hall–Kier alpha value is -3.32. The second-order valence-electron chi connectivity index (χ2n) is 8.98. The quantitative estimate of drug-likeness (QED) is 0.391. The maximum absolute atomic E-state index is 13.1. The first-order chi connectivity index (χ1) is 17.7. The Labute approximate surface area is 220 Å². The van der Waals surface area contributed by atoms with E-state index >= 15 is 0 Å². The number of anilines is 2. The molecule has 1 saturated heterocycles. The normalized spacial score (nSPS) is 13.9. The zero-order valence-electron chi connectivity index (χ0n) is 21.4. The van der Waals surface area contributed by atoms with E-state index in [1.807, 2.05) is 25.1 Å². The van der Waals surface area contributed by atoms with Crippen LogP contribution in [0.4, 0.5) is 24.5 Å². The molecule has 1 heterocycles. The number of carboxylic acid groups (broad SMARTS) is 1. The summed E-state index contributed by atoms with van der Waals surface area (Å²) in [6.45, 7) is 9.78. The monoisotopic (exact) mass is 558 g/mol. The molecule has 38 heavy (non-hydrogen) atoms. The molecule has 0 atom stereocenters. The lowest BCUT2D eigenvalue weighted by Gasteiger charge is -2.31. The van der Waals surface area contributed by atoms with Crippen LogP contribution in [-0.2, 0) is 21.2 Å². The van der Waals surface area contributed by atoms with E-state index in [0.29, 0.717) is 23.7 Å². The highest BCUT2D eigenvalue weighted by Crippen LogP contribution is 2.30. The summed E-state index contributed by atoms with van der Waals surface area (Å²) in [4.78, 5) is 23.6. The summed E-state index contributed by atoms with van der Waals surface area (Å²) in [6, 6.07) is 12.2. The van der Waals surface area contributed by atoms with Crippen LogP contribution in [0.25, 0.3) is 0 Å². The van der Waals surface area contributed by atoms with Gasteiger partial charge in [0.05, 0.1) is 16.3 Å². The van der Waals surface area contributed by atoms with Crippen molar-refractivity contribution in [2.24, 2.45) is 5.92 Å². The van der Waals surface area contributed by atoms with Crippen molar-refractivity contribution in [3.05, 3.63) is 53.6 Å². The summed E-state index contributed by atoms with van der Waals surface area (Å²) in [5.41, 5.74) is 2.71. The molecule has 9 nitrogen and oxygen atoms in total. The molecule has 1 aliphatic heterocycles. The number of halogens is 3. The lowest BCUT2D eigenvalue weighted by molar-refractivity contribution is -0.192. The minimum Gasteiger partial charge on any atom is -0.475 e. The van der Waals surface area contributed by atoms with Crippen molar-refractivity contribution in [3.63, 3.8) is 0 Å². The number of alkyl halides is 3. The average Bonchev–Trinajstić information content (AvgIpc) is 2.84. The standard InChI is InChI=1S/C23H32N4O3S.C2HF3O2/c1-4-25-23(28)19-7-10-22(27-13-11-24-12-14-27)21(16-19)26-31(29,30)20-8-5-18(6-9-20)15-17(2)3;3-2(4,5)1(6)7/h5-10,16-17,24,26H,4,11-15H2,1-3H3,(H,25,28);(H,6,7). The number of piperazine rings is 1. The topological polar surface area (TPSA) is 128 Å². The minimum atomic E-state index is -5.08. The molecule has 210 valence electrons. The molecule has 4 N–H and O–H groups in total. The van der Waals surface area contributed by atoms with Gasteiger partial charge in [-0.25, -0.2) is 13.2 Å². The smallest absolute Gasteiger partial charge is 0.475 e. The van der Waals surface area contributed by atoms with Crippen molar-refractivity contribution in [3.8, 4) is 0 Å². The molecule has 13 heteroatoms. The number of rotatable bonds is 8. The number of amides is 1. The third kappa shape index (κ3) is 9.21. The summed E-state index contributed by atoms with van der Waals surface area (Å²) in [5.74, 6) is -2.49.